The van der Waals surface area contributed by atoms with Crippen molar-refractivity contribution in [2.75, 3.05) is 12.0 Å². The average molecular weight is 417 g/mol. The molecule has 4 rings (SSSR count). The molecule has 0 spiro atoms. The number of methoxy groups -OCH3 is 1. The van der Waals surface area contributed by atoms with Crippen molar-refractivity contribution in [2.24, 2.45) is 0 Å². The summed E-state index contributed by atoms with van der Waals surface area (Å²) in [6, 6.07) is 21.4. The highest BCUT2D eigenvalue weighted by Crippen LogP contribution is 2.43. The van der Waals surface area contributed by atoms with E-state index >= 15 is 0 Å². The van der Waals surface area contributed by atoms with Crippen LogP contribution in [0.5, 0.6) is 17.2 Å². The number of benzene rings is 3. The fraction of sp³-hybridized carbons (Fsp3) is 0.125. The van der Waals surface area contributed by atoms with E-state index in [9.17, 15) is 14.4 Å². The van der Waals surface area contributed by atoms with Gasteiger partial charge in [-0.25, -0.2) is 9.69 Å². The molecule has 0 aliphatic carbocycles. The molecule has 156 valence electrons. The topological polar surface area (TPSA) is 82.1 Å². The van der Waals surface area contributed by atoms with Gasteiger partial charge in [0.05, 0.1) is 12.8 Å². The number of anilines is 1. The third-order valence-corrected chi connectivity index (χ3v) is 5.12. The van der Waals surface area contributed by atoms with Crippen LogP contribution in [0.4, 0.5) is 10.5 Å². The van der Waals surface area contributed by atoms with Gasteiger partial charge in [0, 0.05) is 5.56 Å². The van der Waals surface area contributed by atoms with Gasteiger partial charge < -0.3 is 14.2 Å². The number of imide groups is 1. The van der Waals surface area contributed by atoms with Crippen molar-refractivity contribution in [3.8, 4) is 17.2 Å². The van der Waals surface area contributed by atoms with Gasteiger partial charge in [-0.15, -0.1) is 0 Å². The first-order valence-electron chi connectivity index (χ1n) is 9.52. The number of rotatable bonds is 4. The Morgan fingerprint density at radius 2 is 1.35 bits per heavy atom. The lowest BCUT2D eigenvalue weighted by Crippen LogP contribution is -2.48. The maximum atomic E-state index is 13.4. The smallest absolute Gasteiger partial charge is 0.426 e. The Morgan fingerprint density at radius 3 is 2.03 bits per heavy atom. The Hall–Kier alpha value is -4.13. The van der Waals surface area contributed by atoms with Crippen LogP contribution in [-0.2, 0) is 15.0 Å². The fourth-order valence-electron chi connectivity index (χ4n) is 3.41. The molecule has 1 aliphatic heterocycles. The van der Waals surface area contributed by atoms with Crippen LogP contribution in [0, 0.1) is 0 Å². The standard InChI is InChI=1S/C24H19NO6/c1-24(22(27)30-17-8-4-3-5-9-17)19-10-6-7-11-20(19)25(21(24)26)23(28)31-18-14-12-16(29-2)13-15-18/h3-15H,1-2H3/t24-/m1/s1. The van der Waals surface area contributed by atoms with E-state index in [1.54, 1.807) is 78.9 Å². The first kappa shape index (κ1) is 20.2. The first-order valence-corrected chi connectivity index (χ1v) is 9.52. The van der Waals surface area contributed by atoms with Crippen molar-refractivity contribution in [3.63, 3.8) is 0 Å². The van der Waals surface area contributed by atoms with Gasteiger partial charge in [0.1, 0.15) is 17.2 Å². The molecular weight excluding hydrogens is 398 g/mol. The lowest BCUT2D eigenvalue weighted by Gasteiger charge is -2.21. The summed E-state index contributed by atoms with van der Waals surface area (Å²) in [6.45, 7) is 1.44. The highest BCUT2D eigenvalue weighted by atomic mass is 16.6. The van der Waals surface area contributed by atoms with Gasteiger partial charge in [-0.1, -0.05) is 36.4 Å². The van der Waals surface area contributed by atoms with Gasteiger partial charge in [0.25, 0.3) is 5.91 Å². The average Bonchev–Trinajstić information content (AvgIpc) is 3.03. The van der Waals surface area contributed by atoms with Crippen LogP contribution < -0.4 is 19.1 Å². The molecule has 0 N–H and O–H groups in total. The van der Waals surface area contributed by atoms with Crippen molar-refractivity contribution in [1.29, 1.82) is 0 Å². The largest absolute Gasteiger partial charge is 0.497 e. The van der Waals surface area contributed by atoms with Gasteiger partial charge in [0.15, 0.2) is 5.41 Å². The monoisotopic (exact) mass is 417 g/mol. The molecule has 0 aromatic heterocycles. The SMILES string of the molecule is COc1ccc(OC(=O)N2C(=O)[C@](C)(C(=O)Oc3ccccc3)c3ccccc32)cc1. The van der Waals surface area contributed by atoms with Gasteiger partial charge in [0.2, 0.25) is 0 Å². The van der Waals surface area contributed by atoms with Gasteiger partial charge in [-0.3, -0.25) is 9.59 Å². The van der Waals surface area contributed by atoms with Crippen molar-refractivity contribution in [1.82, 2.24) is 0 Å². The molecule has 0 radical (unpaired) electrons. The zero-order valence-corrected chi connectivity index (χ0v) is 16.9. The number of carbonyl (C=O) groups excluding carboxylic acids is 3. The predicted molar refractivity (Wildman–Crippen MR) is 112 cm³/mol. The highest BCUT2D eigenvalue weighted by Gasteiger charge is 2.56. The van der Waals surface area contributed by atoms with E-state index in [4.69, 9.17) is 14.2 Å². The second-order valence-corrected chi connectivity index (χ2v) is 7.03. The molecule has 0 saturated heterocycles. The number of carbonyl (C=O) groups is 3. The molecule has 0 bridgehead atoms. The zero-order valence-electron chi connectivity index (χ0n) is 16.9. The number of nitrogens with zero attached hydrogens (tertiary/aromatic N) is 1. The fourth-order valence-corrected chi connectivity index (χ4v) is 3.41. The van der Waals surface area contributed by atoms with Crippen LogP contribution in [0.3, 0.4) is 0 Å². The quantitative estimate of drug-likeness (QED) is 0.361. The third kappa shape index (κ3) is 3.50. The second-order valence-electron chi connectivity index (χ2n) is 7.03. The van der Waals surface area contributed by atoms with Crippen molar-refractivity contribution in [2.45, 2.75) is 12.3 Å². The van der Waals surface area contributed by atoms with Gasteiger partial charge in [-0.05, 0) is 49.4 Å². The highest BCUT2D eigenvalue weighted by molar-refractivity contribution is 6.28. The van der Waals surface area contributed by atoms with Crippen LogP contribution >= 0.6 is 0 Å². The van der Waals surface area contributed by atoms with Gasteiger partial charge >= 0.3 is 12.1 Å². The van der Waals surface area contributed by atoms with Crippen LogP contribution in [0.15, 0.2) is 78.9 Å². The number of fused-ring (bicyclic) bond motifs is 1. The number of esters is 1. The van der Waals surface area contributed by atoms with Crippen molar-refractivity contribution in [3.05, 3.63) is 84.4 Å². The maximum absolute atomic E-state index is 13.4. The predicted octanol–water partition coefficient (Wildman–Crippen LogP) is 4.10. The summed E-state index contributed by atoms with van der Waals surface area (Å²) < 4.78 is 15.9. The number of para-hydroxylation sites is 2. The Kier molecular flexibility index (Phi) is 5.17. The molecule has 0 saturated carbocycles. The van der Waals surface area contributed by atoms with E-state index in [0.717, 1.165) is 4.90 Å². The van der Waals surface area contributed by atoms with E-state index in [-0.39, 0.29) is 11.4 Å². The maximum Gasteiger partial charge on any atom is 0.426 e. The second kappa shape index (κ2) is 7.95. The summed E-state index contributed by atoms with van der Waals surface area (Å²) in [5, 5.41) is 0. The number of hydrogen-bond donors (Lipinski definition) is 0. The summed E-state index contributed by atoms with van der Waals surface area (Å²) in [4.78, 5) is 40.2. The van der Waals surface area contributed by atoms with Crippen LogP contribution in [0.2, 0.25) is 0 Å². The number of amides is 2. The Balaban J connectivity index is 1.65. The molecular formula is C24H19NO6. The molecule has 7 nitrogen and oxygen atoms in total. The molecule has 3 aromatic rings. The van der Waals surface area contributed by atoms with E-state index in [1.165, 1.54) is 14.0 Å². The first-order chi connectivity index (χ1) is 14.9. The number of hydrogen-bond acceptors (Lipinski definition) is 6. The molecule has 7 heteroatoms. The van der Waals surface area contributed by atoms with Gasteiger partial charge in [-0.2, -0.15) is 0 Å². The third-order valence-electron chi connectivity index (χ3n) is 5.12. The Morgan fingerprint density at radius 1 is 0.774 bits per heavy atom. The summed E-state index contributed by atoms with van der Waals surface area (Å²) >= 11 is 0. The molecule has 3 aromatic carbocycles. The van der Waals surface area contributed by atoms with E-state index in [0.29, 0.717) is 17.1 Å². The summed E-state index contributed by atoms with van der Waals surface area (Å²) in [5.74, 6) is -0.391. The lowest BCUT2D eigenvalue weighted by atomic mass is 9.84. The normalized spacial score (nSPS) is 17.1. The minimum atomic E-state index is -1.70. The van der Waals surface area contributed by atoms with Crippen LogP contribution in [0.25, 0.3) is 0 Å². The molecule has 2 amide bonds. The molecule has 1 atom stereocenters. The number of ether oxygens (including phenoxy) is 3. The van der Waals surface area contributed by atoms with Crippen LogP contribution in [0.1, 0.15) is 12.5 Å². The molecule has 0 unspecified atom stereocenters. The summed E-state index contributed by atoms with van der Waals surface area (Å²) in [6.07, 6.45) is -0.918. The molecule has 31 heavy (non-hydrogen) atoms. The molecule has 1 heterocycles. The minimum absolute atomic E-state index is 0.233. The zero-order chi connectivity index (χ0) is 22.0. The Labute approximate surface area is 178 Å². The van der Waals surface area contributed by atoms with Crippen molar-refractivity contribution >= 4 is 23.7 Å². The Bertz CT molecular complexity index is 1140. The lowest BCUT2D eigenvalue weighted by molar-refractivity contribution is -0.144. The molecule has 0 fully saturated rings. The van der Waals surface area contributed by atoms with E-state index in [1.807, 2.05) is 0 Å². The van der Waals surface area contributed by atoms with E-state index < -0.39 is 23.4 Å². The summed E-state index contributed by atoms with van der Waals surface area (Å²) in [7, 11) is 1.52. The van der Waals surface area contributed by atoms with Crippen molar-refractivity contribution < 1.29 is 28.6 Å². The van der Waals surface area contributed by atoms with E-state index in [2.05, 4.69) is 0 Å². The summed E-state index contributed by atoms with van der Waals surface area (Å²) in [5.41, 5.74) is -1.06. The van der Waals surface area contributed by atoms with Crippen LogP contribution in [-0.4, -0.2) is 25.1 Å². The molecule has 1 aliphatic rings. The minimum Gasteiger partial charge on any atom is -0.497 e.